The lowest BCUT2D eigenvalue weighted by Crippen LogP contribution is -2.37. The molecule has 1 saturated heterocycles. The Labute approximate surface area is 179 Å². The number of sulfonamides is 1. The molecular weight excluding hydrogens is 400 g/mol. The van der Waals surface area contributed by atoms with Gasteiger partial charge < -0.3 is 10.1 Å². The van der Waals surface area contributed by atoms with Crippen LogP contribution in [-0.2, 0) is 10.0 Å². The molecule has 1 unspecified atom stereocenters. The van der Waals surface area contributed by atoms with E-state index >= 15 is 0 Å². The van der Waals surface area contributed by atoms with Gasteiger partial charge in [-0.2, -0.15) is 4.31 Å². The van der Waals surface area contributed by atoms with Gasteiger partial charge in [0.15, 0.2) is 0 Å². The first kappa shape index (κ1) is 22.3. The van der Waals surface area contributed by atoms with Crippen molar-refractivity contribution in [3.8, 4) is 5.75 Å². The zero-order chi connectivity index (χ0) is 21.6. The van der Waals surface area contributed by atoms with Crippen LogP contribution in [0.5, 0.6) is 5.75 Å². The third kappa shape index (κ3) is 5.83. The Morgan fingerprint density at radius 3 is 2.40 bits per heavy atom. The maximum absolute atomic E-state index is 13.0. The number of carbonyl (C=O) groups is 1. The summed E-state index contributed by atoms with van der Waals surface area (Å²) in [6, 6.07) is 13.7. The van der Waals surface area contributed by atoms with Gasteiger partial charge in [-0.25, -0.2) is 8.42 Å². The summed E-state index contributed by atoms with van der Waals surface area (Å²) in [6.07, 6.45) is 3.85. The Morgan fingerprint density at radius 2 is 1.73 bits per heavy atom. The minimum absolute atomic E-state index is 0.167. The van der Waals surface area contributed by atoms with Crippen LogP contribution in [0.2, 0.25) is 0 Å². The molecule has 0 spiro atoms. The van der Waals surface area contributed by atoms with E-state index in [0.717, 1.165) is 37.0 Å². The average Bonchev–Trinajstić information content (AvgIpc) is 3.03. The number of carbonyl (C=O) groups excluding carboxylic acids is 1. The third-order valence-corrected chi connectivity index (χ3v) is 7.09. The Morgan fingerprint density at radius 1 is 1.07 bits per heavy atom. The van der Waals surface area contributed by atoms with Crippen molar-refractivity contribution in [3.63, 3.8) is 0 Å². The molecule has 2 aromatic rings. The van der Waals surface area contributed by atoms with Crippen LogP contribution in [0.15, 0.2) is 53.4 Å². The summed E-state index contributed by atoms with van der Waals surface area (Å²) in [4.78, 5) is 12.8. The lowest BCUT2D eigenvalue weighted by atomic mass is 10.2. The van der Waals surface area contributed by atoms with Gasteiger partial charge in [0, 0.05) is 18.7 Å². The summed E-state index contributed by atoms with van der Waals surface area (Å²) in [7, 11) is -3.59. The highest BCUT2D eigenvalue weighted by Crippen LogP contribution is 2.21. The maximum atomic E-state index is 13.0. The standard InChI is InChI=1S/C23H30N2O4S/c1-18-10-12-21(13-11-18)29-17-19(2)24-23(26)20-8-7-9-22(16-20)30(27,28)25-14-5-3-4-6-15-25/h7-13,16,19H,3-6,14-15,17H2,1-2H3,(H,24,26). The van der Waals surface area contributed by atoms with E-state index in [0.29, 0.717) is 25.3 Å². The van der Waals surface area contributed by atoms with E-state index in [-0.39, 0.29) is 16.8 Å². The lowest BCUT2D eigenvalue weighted by Gasteiger charge is -2.20. The van der Waals surface area contributed by atoms with Gasteiger partial charge in [0.1, 0.15) is 12.4 Å². The van der Waals surface area contributed by atoms with Crippen molar-refractivity contribution >= 4 is 15.9 Å². The van der Waals surface area contributed by atoms with Gasteiger partial charge in [0.25, 0.3) is 5.91 Å². The smallest absolute Gasteiger partial charge is 0.251 e. The van der Waals surface area contributed by atoms with Crippen LogP contribution >= 0.6 is 0 Å². The number of nitrogens with one attached hydrogen (secondary N) is 1. The topological polar surface area (TPSA) is 75.7 Å². The van der Waals surface area contributed by atoms with E-state index in [4.69, 9.17) is 4.74 Å². The molecule has 0 aromatic heterocycles. The van der Waals surface area contributed by atoms with Crippen molar-refractivity contribution in [1.29, 1.82) is 0 Å². The van der Waals surface area contributed by atoms with Crippen LogP contribution in [0.4, 0.5) is 0 Å². The number of rotatable bonds is 7. The monoisotopic (exact) mass is 430 g/mol. The van der Waals surface area contributed by atoms with E-state index in [1.165, 1.54) is 10.4 Å². The summed E-state index contributed by atoms with van der Waals surface area (Å²) in [5, 5.41) is 2.87. The van der Waals surface area contributed by atoms with Crippen LogP contribution in [0, 0.1) is 6.92 Å². The molecule has 3 rings (SSSR count). The van der Waals surface area contributed by atoms with Crippen LogP contribution in [0.25, 0.3) is 0 Å². The summed E-state index contributed by atoms with van der Waals surface area (Å²) < 4.78 is 33.2. The number of hydrogen-bond donors (Lipinski definition) is 1. The molecular formula is C23H30N2O4S. The molecule has 7 heteroatoms. The van der Waals surface area contributed by atoms with E-state index in [9.17, 15) is 13.2 Å². The Bertz CT molecular complexity index is 949. The van der Waals surface area contributed by atoms with Gasteiger partial charge in [0.2, 0.25) is 10.0 Å². The SMILES string of the molecule is Cc1ccc(OCC(C)NC(=O)c2cccc(S(=O)(=O)N3CCCCCC3)c2)cc1. The van der Waals surface area contributed by atoms with Crippen LogP contribution < -0.4 is 10.1 Å². The number of hydrogen-bond acceptors (Lipinski definition) is 4. The van der Waals surface area contributed by atoms with Crippen molar-refractivity contribution in [1.82, 2.24) is 9.62 Å². The normalized spacial score (nSPS) is 16.5. The molecule has 1 amide bonds. The summed E-state index contributed by atoms with van der Waals surface area (Å²) in [5.74, 6) is 0.426. The molecule has 2 aromatic carbocycles. The number of amides is 1. The van der Waals surface area contributed by atoms with E-state index < -0.39 is 10.0 Å². The largest absolute Gasteiger partial charge is 0.491 e. The first-order valence-corrected chi connectivity index (χ1v) is 11.9. The van der Waals surface area contributed by atoms with Crippen molar-refractivity contribution in [2.24, 2.45) is 0 Å². The van der Waals surface area contributed by atoms with Crippen molar-refractivity contribution in [2.75, 3.05) is 19.7 Å². The van der Waals surface area contributed by atoms with Gasteiger partial charge in [0.05, 0.1) is 10.9 Å². The number of nitrogens with zero attached hydrogens (tertiary/aromatic N) is 1. The minimum Gasteiger partial charge on any atom is -0.491 e. The predicted octanol–water partition coefficient (Wildman–Crippen LogP) is 3.76. The maximum Gasteiger partial charge on any atom is 0.251 e. The Balaban J connectivity index is 1.62. The first-order chi connectivity index (χ1) is 14.4. The molecule has 0 saturated carbocycles. The number of benzene rings is 2. The molecule has 6 nitrogen and oxygen atoms in total. The van der Waals surface area contributed by atoms with Gasteiger partial charge in [-0.05, 0) is 57.0 Å². The Hall–Kier alpha value is -2.38. The summed E-state index contributed by atoms with van der Waals surface area (Å²) in [6.45, 7) is 5.25. The first-order valence-electron chi connectivity index (χ1n) is 10.5. The molecule has 30 heavy (non-hydrogen) atoms. The predicted molar refractivity (Wildman–Crippen MR) is 117 cm³/mol. The highest BCUT2D eigenvalue weighted by Gasteiger charge is 2.26. The quantitative estimate of drug-likeness (QED) is 0.726. The van der Waals surface area contributed by atoms with Crippen LogP contribution in [0.1, 0.15) is 48.5 Å². The molecule has 0 aliphatic carbocycles. The van der Waals surface area contributed by atoms with Gasteiger partial charge in [-0.1, -0.05) is 36.6 Å². The third-order valence-electron chi connectivity index (χ3n) is 5.20. The second-order valence-corrected chi connectivity index (χ2v) is 9.78. The molecule has 1 N–H and O–H groups in total. The lowest BCUT2D eigenvalue weighted by molar-refractivity contribution is 0.0926. The number of aryl methyl sites for hydroxylation is 1. The molecule has 1 aliphatic rings. The summed E-state index contributed by atoms with van der Waals surface area (Å²) in [5.41, 5.74) is 1.48. The summed E-state index contributed by atoms with van der Waals surface area (Å²) >= 11 is 0. The molecule has 0 bridgehead atoms. The van der Waals surface area contributed by atoms with Gasteiger partial charge >= 0.3 is 0 Å². The fourth-order valence-corrected chi connectivity index (χ4v) is 5.00. The molecule has 1 atom stereocenters. The molecule has 1 fully saturated rings. The van der Waals surface area contributed by atoms with Gasteiger partial charge in [-0.15, -0.1) is 0 Å². The Kier molecular flexibility index (Phi) is 7.50. The highest BCUT2D eigenvalue weighted by molar-refractivity contribution is 7.89. The number of ether oxygens (including phenoxy) is 1. The highest BCUT2D eigenvalue weighted by atomic mass is 32.2. The van der Waals surface area contributed by atoms with Gasteiger partial charge in [-0.3, -0.25) is 4.79 Å². The average molecular weight is 431 g/mol. The fourth-order valence-electron chi connectivity index (χ4n) is 3.43. The van der Waals surface area contributed by atoms with E-state index in [1.54, 1.807) is 18.2 Å². The van der Waals surface area contributed by atoms with Crippen molar-refractivity contribution < 1.29 is 17.9 Å². The minimum atomic E-state index is -3.59. The molecule has 1 aliphatic heterocycles. The molecule has 1 heterocycles. The van der Waals surface area contributed by atoms with Crippen LogP contribution in [0.3, 0.4) is 0 Å². The zero-order valence-electron chi connectivity index (χ0n) is 17.6. The van der Waals surface area contributed by atoms with E-state index in [2.05, 4.69) is 5.32 Å². The zero-order valence-corrected chi connectivity index (χ0v) is 18.5. The van der Waals surface area contributed by atoms with Crippen molar-refractivity contribution in [2.45, 2.75) is 50.5 Å². The molecule has 162 valence electrons. The molecule has 0 radical (unpaired) electrons. The van der Waals surface area contributed by atoms with E-state index in [1.807, 2.05) is 38.1 Å². The fraction of sp³-hybridized carbons (Fsp3) is 0.435. The van der Waals surface area contributed by atoms with Crippen LogP contribution in [-0.4, -0.2) is 44.4 Å². The second-order valence-electron chi connectivity index (χ2n) is 7.84. The van der Waals surface area contributed by atoms with Crippen molar-refractivity contribution in [3.05, 3.63) is 59.7 Å². The second kappa shape index (κ2) is 10.1.